The van der Waals surface area contributed by atoms with Crippen LogP contribution >= 0.6 is 0 Å². The summed E-state index contributed by atoms with van der Waals surface area (Å²) in [6, 6.07) is 1.71. The molecule has 0 unspecified atom stereocenters. The topological polar surface area (TPSA) is 23.6 Å². The van der Waals surface area contributed by atoms with Crippen molar-refractivity contribution >= 4 is 5.78 Å². The molecule has 3 heteroatoms. The van der Waals surface area contributed by atoms with E-state index < -0.39 is 0 Å². The molecule has 160 valence electrons. The van der Waals surface area contributed by atoms with Gasteiger partial charge in [0.05, 0.1) is 0 Å². The Labute approximate surface area is 173 Å². The highest BCUT2D eigenvalue weighted by molar-refractivity contribution is 5.80. The minimum atomic E-state index is 0.394. The summed E-state index contributed by atoms with van der Waals surface area (Å²) >= 11 is 0. The predicted octanol–water partition coefficient (Wildman–Crippen LogP) is 5.14. The maximum atomic E-state index is 12.0. The van der Waals surface area contributed by atoms with E-state index in [4.69, 9.17) is 0 Å². The van der Waals surface area contributed by atoms with E-state index in [2.05, 4.69) is 23.6 Å². The zero-order chi connectivity index (χ0) is 19.7. The maximum Gasteiger partial charge on any atom is 0.135 e. The van der Waals surface area contributed by atoms with Crippen LogP contribution in [-0.4, -0.2) is 53.8 Å². The highest BCUT2D eigenvalue weighted by Crippen LogP contribution is 2.54. The predicted molar refractivity (Wildman–Crippen MR) is 116 cm³/mol. The van der Waals surface area contributed by atoms with Crippen molar-refractivity contribution in [3.8, 4) is 0 Å². The molecule has 1 spiro atoms. The van der Waals surface area contributed by atoms with Crippen LogP contribution in [-0.2, 0) is 4.79 Å². The standard InChI is InChI=1S/C25H44N2O/c1-4-24(28)21-5-11-25(12-6-21)17-23(18-25)27-15-9-22(10-16-27)26-13-7-20(8-14-26)19(2)3/h19-23H,4-18H2,1-3H3. The first-order chi connectivity index (χ1) is 13.5. The molecule has 0 atom stereocenters. The van der Waals surface area contributed by atoms with E-state index in [0.717, 1.165) is 30.3 Å². The molecule has 0 bridgehead atoms. The van der Waals surface area contributed by atoms with Gasteiger partial charge in [0, 0.05) is 24.4 Å². The number of rotatable bonds is 5. The first-order valence-corrected chi connectivity index (χ1v) is 12.5. The van der Waals surface area contributed by atoms with Gasteiger partial charge in [-0.2, -0.15) is 0 Å². The molecule has 0 N–H and O–H groups in total. The van der Waals surface area contributed by atoms with Crippen molar-refractivity contribution in [1.29, 1.82) is 0 Å². The average Bonchev–Trinajstić information content (AvgIpc) is 2.72. The zero-order valence-corrected chi connectivity index (χ0v) is 18.8. The van der Waals surface area contributed by atoms with Gasteiger partial charge < -0.3 is 9.80 Å². The summed E-state index contributed by atoms with van der Waals surface area (Å²) in [4.78, 5) is 17.6. The molecule has 2 aliphatic heterocycles. The number of hydrogen-bond donors (Lipinski definition) is 0. The molecular formula is C25H44N2O. The molecule has 0 amide bonds. The fraction of sp³-hybridized carbons (Fsp3) is 0.960. The van der Waals surface area contributed by atoms with Gasteiger partial charge >= 0.3 is 0 Å². The summed E-state index contributed by atoms with van der Waals surface area (Å²) in [5.41, 5.74) is 0.616. The number of piperidine rings is 2. The van der Waals surface area contributed by atoms with E-state index in [1.54, 1.807) is 0 Å². The molecule has 28 heavy (non-hydrogen) atoms. The van der Waals surface area contributed by atoms with Gasteiger partial charge in [-0.15, -0.1) is 0 Å². The van der Waals surface area contributed by atoms with E-state index in [-0.39, 0.29) is 0 Å². The summed E-state index contributed by atoms with van der Waals surface area (Å²) in [7, 11) is 0. The lowest BCUT2D eigenvalue weighted by Crippen LogP contribution is -2.56. The number of hydrogen-bond acceptors (Lipinski definition) is 3. The Bertz CT molecular complexity index is 513. The molecule has 2 saturated heterocycles. The number of ketones is 1. The van der Waals surface area contributed by atoms with Crippen LogP contribution < -0.4 is 0 Å². The second-order valence-electron chi connectivity index (χ2n) is 11.0. The summed E-state index contributed by atoms with van der Waals surface area (Å²) < 4.78 is 0. The third kappa shape index (κ3) is 4.36. The SMILES string of the molecule is CCC(=O)C1CCC2(CC1)CC(N1CCC(N3CCC(C(C)C)CC3)CC1)C2. The van der Waals surface area contributed by atoms with Crippen molar-refractivity contribution in [2.45, 2.75) is 103 Å². The second-order valence-corrected chi connectivity index (χ2v) is 11.0. The van der Waals surface area contributed by atoms with E-state index in [1.165, 1.54) is 90.4 Å². The normalized spacial score (nSPS) is 36.7. The Balaban J connectivity index is 1.17. The molecule has 2 saturated carbocycles. The smallest absolute Gasteiger partial charge is 0.135 e. The summed E-state index contributed by atoms with van der Waals surface area (Å²) in [5, 5.41) is 0. The molecule has 2 aliphatic carbocycles. The summed E-state index contributed by atoms with van der Waals surface area (Å²) in [6.07, 6.45) is 14.2. The van der Waals surface area contributed by atoms with Gasteiger partial charge in [0.25, 0.3) is 0 Å². The van der Waals surface area contributed by atoms with Gasteiger partial charge in [-0.25, -0.2) is 0 Å². The zero-order valence-electron chi connectivity index (χ0n) is 18.8. The van der Waals surface area contributed by atoms with Crippen molar-refractivity contribution in [2.75, 3.05) is 26.2 Å². The van der Waals surface area contributed by atoms with Gasteiger partial charge in [-0.3, -0.25) is 4.79 Å². The molecule has 0 aromatic carbocycles. The molecule has 0 aromatic rings. The molecular weight excluding hydrogens is 344 g/mol. The Morgan fingerprint density at radius 2 is 1.39 bits per heavy atom. The van der Waals surface area contributed by atoms with Crippen molar-refractivity contribution in [3.05, 3.63) is 0 Å². The maximum absolute atomic E-state index is 12.0. The van der Waals surface area contributed by atoms with Gasteiger partial charge in [0.2, 0.25) is 0 Å². The number of nitrogens with zero attached hydrogens (tertiary/aromatic N) is 2. The number of Topliss-reactive ketones (excluding diaryl/α,β-unsaturated/α-hetero) is 1. The molecule has 0 radical (unpaired) electrons. The number of carbonyl (C=O) groups is 1. The number of likely N-dealkylation sites (tertiary alicyclic amines) is 2. The van der Waals surface area contributed by atoms with E-state index in [1.807, 2.05) is 6.92 Å². The largest absolute Gasteiger partial charge is 0.300 e. The van der Waals surface area contributed by atoms with Crippen molar-refractivity contribution in [3.63, 3.8) is 0 Å². The van der Waals surface area contributed by atoms with E-state index >= 15 is 0 Å². The monoisotopic (exact) mass is 388 g/mol. The molecule has 2 heterocycles. The second kappa shape index (κ2) is 8.76. The summed E-state index contributed by atoms with van der Waals surface area (Å²) in [5.74, 6) is 2.74. The lowest BCUT2D eigenvalue weighted by Gasteiger charge is -2.56. The first-order valence-electron chi connectivity index (χ1n) is 12.5. The van der Waals surface area contributed by atoms with Crippen molar-refractivity contribution in [2.24, 2.45) is 23.2 Å². The van der Waals surface area contributed by atoms with Crippen LogP contribution in [0.2, 0.25) is 0 Å². The molecule has 4 fully saturated rings. The Kier molecular flexibility index (Phi) is 6.52. The van der Waals surface area contributed by atoms with E-state index in [9.17, 15) is 4.79 Å². The Morgan fingerprint density at radius 3 is 1.93 bits per heavy atom. The van der Waals surface area contributed by atoms with Crippen LogP contribution in [0.1, 0.15) is 91.4 Å². The molecule has 4 rings (SSSR count). The van der Waals surface area contributed by atoms with Crippen LogP contribution in [0, 0.1) is 23.2 Å². The third-order valence-electron chi connectivity index (χ3n) is 9.24. The fourth-order valence-corrected chi connectivity index (χ4v) is 7.01. The summed E-state index contributed by atoms with van der Waals surface area (Å²) in [6.45, 7) is 12.2. The van der Waals surface area contributed by atoms with Crippen LogP contribution in [0.4, 0.5) is 0 Å². The van der Waals surface area contributed by atoms with Crippen LogP contribution in [0.5, 0.6) is 0 Å². The van der Waals surface area contributed by atoms with Gasteiger partial charge in [-0.05, 0) is 108 Å². The van der Waals surface area contributed by atoms with Crippen molar-refractivity contribution in [1.82, 2.24) is 9.80 Å². The quantitative estimate of drug-likeness (QED) is 0.652. The Hall–Kier alpha value is -0.410. The lowest BCUT2D eigenvalue weighted by atomic mass is 9.56. The Morgan fingerprint density at radius 1 is 0.857 bits per heavy atom. The molecule has 3 nitrogen and oxygen atoms in total. The van der Waals surface area contributed by atoms with Crippen LogP contribution in [0.25, 0.3) is 0 Å². The highest BCUT2D eigenvalue weighted by Gasteiger charge is 2.48. The third-order valence-corrected chi connectivity index (χ3v) is 9.24. The first kappa shape index (κ1) is 20.8. The number of carbonyl (C=O) groups excluding carboxylic acids is 1. The van der Waals surface area contributed by atoms with Crippen LogP contribution in [0.3, 0.4) is 0 Å². The van der Waals surface area contributed by atoms with Gasteiger partial charge in [-0.1, -0.05) is 20.8 Å². The van der Waals surface area contributed by atoms with E-state index in [0.29, 0.717) is 17.1 Å². The minimum absolute atomic E-state index is 0.394. The lowest BCUT2D eigenvalue weighted by molar-refractivity contribution is -0.126. The van der Waals surface area contributed by atoms with Gasteiger partial charge in [0.15, 0.2) is 0 Å². The highest BCUT2D eigenvalue weighted by atomic mass is 16.1. The van der Waals surface area contributed by atoms with Gasteiger partial charge in [0.1, 0.15) is 5.78 Å². The average molecular weight is 389 g/mol. The molecule has 0 aromatic heterocycles. The van der Waals surface area contributed by atoms with Crippen molar-refractivity contribution < 1.29 is 4.79 Å². The van der Waals surface area contributed by atoms with Crippen LogP contribution in [0.15, 0.2) is 0 Å². The minimum Gasteiger partial charge on any atom is -0.300 e. The molecule has 4 aliphatic rings. The fourth-order valence-electron chi connectivity index (χ4n) is 7.01.